The van der Waals surface area contributed by atoms with E-state index >= 15 is 0 Å². The fourth-order valence-electron chi connectivity index (χ4n) is 1.83. The molecule has 0 aliphatic heterocycles. The van der Waals surface area contributed by atoms with E-state index in [0.717, 1.165) is 5.56 Å². The van der Waals surface area contributed by atoms with Gasteiger partial charge in [-0.2, -0.15) is 0 Å². The van der Waals surface area contributed by atoms with Gasteiger partial charge in [0.25, 0.3) is 0 Å². The minimum absolute atomic E-state index is 0.102. The monoisotopic (exact) mass is 340 g/mol. The van der Waals surface area contributed by atoms with Crippen molar-refractivity contribution in [2.45, 2.75) is 13.0 Å². The van der Waals surface area contributed by atoms with E-state index in [0.29, 0.717) is 35.2 Å². The Morgan fingerprint density at radius 3 is 2.55 bits per heavy atom. The molecule has 0 spiro atoms. The Kier molecular flexibility index (Phi) is 6.04. The predicted octanol–water partition coefficient (Wildman–Crippen LogP) is 4.25. The summed E-state index contributed by atoms with van der Waals surface area (Å²) in [6.07, 6.45) is 0.296. The van der Waals surface area contributed by atoms with Gasteiger partial charge in [-0.05, 0) is 35.9 Å². The van der Waals surface area contributed by atoms with Crippen LogP contribution >= 0.6 is 23.2 Å². The van der Waals surface area contributed by atoms with Crippen LogP contribution in [0.15, 0.2) is 42.5 Å². The van der Waals surface area contributed by atoms with E-state index in [9.17, 15) is 9.18 Å². The summed E-state index contributed by atoms with van der Waals surface area (Å²) in [5, 5.41) is 6.96. The minimum Gasteiger partial charge on any atom is -0.383 e. The number of halogens is 3. The summed E-state index contributed by atoms with van der Waals surface area (Å²) >= 11 is 11.9. The molecule has 0 fully saturated rings. The van der Waals surface area contributed by atoms with Crippen LogP contribution in [-0.4, -0.2) is 12.5 Å². The van der Waals surface area contributed by atoms with Gasteiger partial charge < -0.3 is 10.6 Å². The molecular formula is C16H15Cl2FN2O. The number of amides is 1. The first-order valence-corrected chi connectivity index (χ1v) is 7.50. The highest BCUT2D eigenvalue weighted by Gasteiger charge is 2.04. The summed E-state index contributed by atoms with van der Waals surface area (Å²) in [7, 11) is 0. The van der Waals surface area contributed by atoms with Gasteiger partial charge in [-0.1, -0.05) is 35.3 Å². The first-order chi connectivity index (χ1) is 10.5. The molecule has 0 radical (unpaired) electrons. The Bertz CT molecular complexity index is 647. The highest BCUT2D eigenvalue weighted by atomic mass is 35.5. The molecule has 2 aromatic carbocycles. The van der Waals surface area contributed by atoms with Crippen molar-refractivity contribution in [1.82, 2.24) is 5.32 Å². The zero-order valence-corrected chi connectivity index (χ0v) is 13.2. The summed E-state index contributed by atoms with van der Waals surface area (Å²) in [5.74, 6) is -0.396. The molecule has 2 aromatic rings. The smallest absolute Gasteiger partial charge is 0.222 e. The highest BCUT2D eigenvalue weighted by Crippen LogP contribution is 2.25. The average molecular weight is 341 g/mol. The van der Waals surface area contributed by atoms with Gasteiger partial charge in [0, 0.05) is 24.5 Å². The summed E-state index contributed by atoms with van der Waals surface area (Å²) in [5.41, 5.74) is 1.54. The van der Waals surface area contributed by atoms with Crippen LogP contribution in [0.1, 0.15) is 12.0 Å². The maximum absolute atomic E-state index is 12.8. The summed E-state index contributed by atoms with van der Waals surface area (Å²) in [6, 6.07) is 11.1. The SMILES string of the molecule is O=C(CCNc1cc(Cl)ccc1Cl)NCc1ccc(F)cc1. The van der Waals surface area contributed by atoms with Crippen LogP contribution in [0, 0.1) is 5.82 Å². The maximum Gasteiger partial charge on any atom is 0.222 e. The van der Waals surface area contributed by atoms with E-state index < -0.39 is 0 Å². The zero-order valence-electron chi connectivity index (χ0n) is 11.7. The number of hydrogen-bond acceptors (Lipinski definition) is 2. The molecular weight excluding hydrogens is 326 g/mol. The Labute approximate surface area is 138 Å². The van der Waals surface area contributed by atoms with Crippen molar-refractivity contribution in [2.24, 2.45) is 0 Å². The predicted molar refractivity (Wildman–Crippen MR) is 87.8 cm³/mol. The topological polar surface area (TPSA) is 41.1 Å². The molecule has 1 amide bonds. The van der Waals surface area contributed by atoms with E-state index in [-0.39, 0.29) is 11.7 Å². The number of hydrogen-bond donors (Lipinski definition) is 2. The maximum atomic E-state index is 12.8. The van der Waals surface area contributed by atoms with Crippen LogP contribution in [0.3, 0.4) is 0 Å². The lowest BCUT2D eigenvalue weighted by Gasteiger charge is -2.09. The fourth-order valence-corrected chi connectivity index (χ4v) is 2.19. The van der Waals surface area contributed by atoms with Gasteiger partial charge in [0.05, 0.1) is 10.7 Å². The molecule has 0 atom stereocenters. The molecule has 0 aromatic heterocycles. The molecule has 22 heavy (non-hydrogen) atoms. The summed E-state index contributed by atoms with van der Waals surface area (Å²) in [6.45, 7) is 0.812. The van der Waals surface area contributed by atoms with Crippen molar-refractivity contribution in [3.8, 4) is 0 Å². The van der Waals surface area contributed by atoms with Crippen molar-refractivity contribution >= 4 is 34.8 Å². The average Bonchev–Trinajstić information content (AvgIpc) is 2.50. The van der Waals surface area contributed by atoms with Crippen LogP contribution < -0.4 is 10.6 Å². The first kappa shape index (κ1) is 16.6. The van der Waals surface area contributed by atoms with Crippen LogP contribution in [0.2, 0.25) is 10.0 Å². The van der Waals surface area contributed by atoms with Crippen LogP contribution in [0.4, 0.5) is 10.1 Å². The standard InChI is InChI=1S/C16H15Cl2FN2O/c17-12-3-6-14(18)15(9-12)20-8-7-16(22)21-10-11-1-4-13(19)5-2-11/h1-6,9,20H,7-8,10H2,(H,21,22). The fraction of sp³-hybridized carbons (Fsp3) is 0.188. The quantitative estimate of drug-likeness (QED) is 0.825. The van der Waals surface area contributed by atoms with Gasteiger partial charge in [0.2, 0.25) is 5.91 Å². The van der Waals surface area contributed by atoms with Crippen LogP contribution in [0.25, 0.3) is 0 Å². The van der Waals surface area contributed by atoms with E-state index in [2.05, 4.69) is 10.6 Å². The van der Waals surface area contributed by atoms with E-state index in [1.807, 2.05) is 0 Å². The molecule has 2 N–H and O–H groups in total. The van der Waals surface area contributed by atoms with Gasteiger partial charge in [-0.15, -0.1) is 0 Å². The van der Waals surface area contributed by atoms with Gasteiger partial charge in [-0.3, -0.25) is 4.79 Å². The highest BCUT2D eigenvalue weighted by molar-refractivity contribution is 6.35. The molecule has 0 saturated carbocycles. The van der Waals surface area contributed by atoms with E-state index in [1.165, 1.54) is 12.1 Å². The second-order valence-corrected chi connectivity index (χ2v) is 5.55. The molecule has 2 rings (SSSR count). The van der Waals surface area contributed by atoms with Gasteiger partial charge in [0.15, 0.2) is 0 Å². The molecule has 6 heteroatoms. The van der Waals surface area contributed by atoms with Crippen molar-refractivity contribution < 1.29 is 9.18 Å². The molecule has 3 nitrogen and oxygen atoms in total. The lowest BCUT2D eigenvalue weighted by Crippen LogP contribution is -2.24. The molecule has 0 saturated heterocycles. The molecule has 0 bridgehead atoms. The number of nitrogens with one attached hydrogen (secondary N) is 2. The van der Waals surface area contributed by atoms with Crippen molar-refractivity contribution in [1.29, 1.82) is 0 Å². The van der Waals surface area contributed by atoms with E-state index in [1.54, 1.807) is 30.3 Å². The largest absolute Gasteiger partial charge is 0.383 e. The molecule has 116 valence electrons. The van der Waals surface area contributed by atoms with E-state index in [4.69, 9.17) is 23.2 Å². The lowest BCUT2D eigenvalue weighted by atomic mass is 10.2. The summed E-state index contributed by atoms with van der Waals surface area (Å²) in [4.78, 5) is 11.7. The third-order valence-electron chi connectivity index (χ3n) is 3.00. The Morgan fingerprint density at radius 1 is 1.09 bits per heavy atom. The van der Waals surface area contributed by atoms with Crippen LogP contribution in [0.5, 0.6) is 0 Å². The zero-order chi connectivity index (χ0) is 15.9. The second-order valence-electron chi connectivity index (χ2n) is 4.70. The second kappa shape index (κ2) is 8.01. The van der Waals surface area contributed by atoms with Gasteiger partial charge in [0.1, 0.15) is 5.82 Å². The third kappa shape index (κ3) is 5.20. The molecule has 0 aliphatic rings. The summed E-state index contributed by atoms with van der Waals surface area (Å²) < 4.78 is 12.8. The van der Waals surface area contributed by atoms with Crippen molar-refractivity contribution in [2.75, 3.05) is 11.9 Å². The number of carbonyl (C=O) groups excluding carboxylic acids is 1. The Morgan fingerprint density at radius 2 is 1.82 bits per heavy atom. The van der Waals surface area contributed by atoms with Gasteiger partial charge in [-0.25, -0.2) is 4.39 Å². The van der Waals surface area contributed by atoms with Crippen molar-refractivity contribution in [3.63, 3.8) is 0 Å². The molecule has 0 unspecified atom stereocenters. The van der Waals surface area contributed by atoms with Gasteiger partial charge >= 0.3 is 0 Å². The molecule has 0 heterocycles. The number of carbonyl (C=O) groups is 1. The Balaban J connectivity index is 1.73. The number of anilines is 1. The van der Waals surface area contributed by atoms with Crippen molar-refractivity contribution in [3.05, 3.63) is 63.9 Å². The first-order valence-electron chi connectivity index (χ1n) is 6.74. The number of rotatable bonds is 6. The third-order valence-corrected chi connectivity index (χ3v) is 3.56. The van der Waals surface area contributed by atoms with Crippen LogP contribution in [-0.2, 0) is 11.3 Å². The minimum atomic E-state index is -0.294. The molecule has 0 aliphatic carbocycles. The number of benzene rings is 2. The normalized spacial score (nSPS) is 10.3. The Hall–Kier alpha value is -1.78. The lowest BCUT2D eigenvalue weighted by molar-refractivity contribution is -0.121.